The molecule has 1 aliphatic rings. The van der Waals surface area contributed by atoms with Crippen LogP contribution in [0.5, 0.6) is 5.75 Å². The Morgan fingerprint density at radius 2 is 1.79 bits per heavy atom. The van der Waals surface area contributed by atoms with Crippen molar-refractivity contribution >= 4 is 29.1 Å². The number of ether oxygens (including phenoxy) is 1. The minimum Gasteiger partial charge on any atom is -0.497 e. The minimum absolute atomic E-state index is 0.0923. The lowest BCUT2D eigenvalue weighted by molar-refractivity contribution is -0.126. The van der Waals surface area contributed by atoms with Crippen LogP contribution < -0.4 is 20.7 Å². The van der Waals surface area contributed by atoms with Crippen molar-refractivity contribution in [3.8, 4) is 5.75 Å². The number of carbonyl (C=O) groups excluding carboxylic acids is 2. The number of methoxy groups -OCH3 is 1. The summed E-state index contributed by atoms with van der Waals surface area (Å²) in [6, 6.07) is 11.4. The third kappa shape index (κ3) is 7.35. The molecule has 1 aliphatic carbocycles. The predicted molar refractivity (Wildman–Crippen MR) is 128 cm³/mol. The summed E-state index contributed by atoms with van der Waals surface area (Å²) >= 11 is 5.90. The molecule has 2 aromatic carbocycles. The Morgan fingerprint density at radius 1 is 1.06 bits per heavy atom. The summed E-state index contributed by atoms with van der Waals surface area (Å²) in [6.07, 6.45) is 5.21. The number of anilines is 1. The van der Waals surface area contributed by atoms with E-state index in [1.165, 1.54) is 18.2 Å². The van der Waals surface area contributed by atoms with Crippen LogP contribution in [0.2, 0.25) is 5.02 Å². The van der Waals surface area contributed by atoms with Crippen LogP contribution >= 0.6 is 11.6 Å². The van der Waals surface area contributed by atoms with Crippen molar-refractivity contribution < 1.29 is 18.7 Å². The fraction of sp³-hybridized carbons (Fsp3) is 0.440. The quantitative estimate of drug-likeness (QED) is 0.437. The summed E-state index contributed by atoms with van der Waals surface area (Å²) in [7, 11) is 1.62. The Balaban J connectivity index is 1.54. The van der Waals surface area contributed by atoms with E-state index in [0.29, 0.717) is 13.1 Å². The molecule has 33 heavy (non-hydrogen) atoms. The first-order chi connectivity index (χ1) is 16.0. The highest BCUT2D eigenvalue weighted by molar-refractivity contribution is 6.31. The van der Waals surface area contributed by atoms with Crippen molar-refractivity contribution in [1.82, 2.24) is 10.6 Å². The summed E-state index contributed by atoms with van der Waals surface area (Å²) in [4.78, 5) is 25.5. The number of halogens is 2. The Morgan fingerprint density at radius 3 is 2.48 bits per heavy atom. The number of amides is 2. The van der Waals surface area contributed by atoms with Crippen LogP contribution in [-0.2, 0) is 4.79 Å². The van der Waals surface area contributed by atoms with Crippen LogP contribution in [0.1, 0.15) is 42.5 Å². The SMILES string of the molecule is COc1ccc(NCCNC(=O)C(CNC(=O)c2cc(Cl)ccc2F)C2CCCCC2)cc1. The number of hydrogen-bond acceptors (Lipinski definition) is 4. The van der Waals surface area contributed by atoms with E-state index < -0.39 is 11.7 Å². The van der Waals surface area contributed by atoms with Gasteiger partial charge in [-0.15, -0.1) is 0 Å². The van der Waals surface area contributed by atoms with Crippen molar-refractivity contribution in [1.29, 1.82) is 0 Å². The van der Waals surface area contributed by atoms with E-state index >= 15 is 0 Å². The average Bonchev–Trinajstić information content (AvgIpc) is 2.84. The fourth-order valence-corrected chi connectivity index (χ4v) is 4.38. The van der Waals surface area contributed by atoms with E-state index in [9.17, 15) is 14.0 Å². The molecule has 2 amide bonds. The van der Waals surface area contributed by atoms with Crippen LogP contribution in [0, 0.1) is 17.7 Å². The first-order valence-corrected chi connectivity index (χ1v) is 11.7. The highest BCUT2D eigenvalue weighted by Gasteiger charge is 2.30. The summed E-state index contributed by atoms with van der Waals surface area (Å²) in [5.74, 6) is -0.686. The Bertz CT molecular complexity index is 933. The highest BCUT2D eigenvalue weighted by Crippen LogP contribution is 2.30. The molecule has 1 unspecified atom stereocenters. The van der Waals surface area contributed by atoms with E-state index in [0.717, 1.165) is 43.5 Å². The Hall–Kier alpha value is -2.80. The maximum Gasteiger partial charge on any atom is 0.254 e. The van der Waals surface area contributed by atoms with Crippen molar-refractivity contribution in [2.75, 3.05) is 32.1 Å². The molecule has 178 valence electrons. The van der Waals surface area contributed by atoms with E-state index in [1.807, 2.05) is 24.3 Å². The van der Waals surface area contributed by atoms with Gasteiger partial charge in [0.15, 0.2) is 0 Å². The minimum atomic E-state index is -0.639. The average molecular weight is 476 g/mol. The molecule has 0 bridgehead atoms. The molecule has 1 saturated carbocycles. The van der Waals surface area contributed by atoms with Gasteiger partial charge in [-0.25, -0.2) is 4.39 Å². The maximum absolute atomic E-state index is 14.0. The zero-order valence-electron chi connectivity index (χ0n) is 18.8. The largest absolute Gasteiger partial charge is 0.497 e. The third-order valence-corrected chi connectivity index (χ3v) is 6.29. The van der Waals surface area contributed by atoms with Crippen LogP contribution in [0.15, 0.2) is 42.5 Å². The first kappa shape index (κ1) is 24.8. The Labute approximate surface area is 199 Å². The smallest absolute Gasteiger partial charge is 0.254 e. The van der Waals surface area contributed by atoms with Gasteiger partial charge in [-0.1, -0.05) is 30.9 Å². The highest BCUT2D eigenvalue weighted by atomic mass is 35.5. The van der Waals surface area contributed by atoms with E-state index in [-0.39, 0.29) is 34.9 Å². The third-order valence-electron chi connectivity index (χ3n) is 6.05. The van der Waals surface area contributed by atoms with Gasteiger partial charge in [0, 0.05) is 30.3 Å². The molecule has 0 radical (unpaired) electrons. The van der Waals surface area contributed by atoms with Gasteiger partial charge in [-0.05, 0) is 61.2 Å². The number of hydrogen-bond donors (Lipinski definition) is 3. The zero-order valence-corrected chi connectivity index (χ0v) is 19.6. The van der Waals surface area contributed by atoms with Crippen molar-refractivity contribution in [2.24, 2.45) is 11.8 Å². The normalized spacial score (nSPS) is 14.9. The predicted octanol–water partition coefficient (Wildman–Crippen LogP) is 4.64. The van der Waals surface area contributed by atoms with Gasteiger partial charge in [0.2, 0.25) is 5.91 Å². The van der Waals surface area contributed by atoms with Gasteiger partial charge in [-0.2, -0.15) is 0 Å². The molecule has 0 spiro atoms. The summed E-state index contributed by atoms with van der Waals surface area (Å²) in [6.45, 7) is 1.17. The van der Waals surface area contributed by atoms with Crippen LogP contribution in [0.3, 0.4) is 0 Å². The first-order valence-electron chi connectivity index (χ1n) is 11.4. The molecule has 3 rings (SSSR count). The molecule has 8 heteroatoms. The molecule has 0 heterocycles. The topological polar surface area (TPSA) is 79.5 Å². The second-order valence-corrected chi connectivity index (χ2v) is 8.72. The number of benzene rings is 2. The van der Waals surface area contributed by atoms with Gasteiger partial charge in [-0.3, -0.25) is 9.59 Å². The molecular weight excluding hydrogens is 445 g/mol. The molecule has 2 aromatic rings. The standard InChI is InChI=1S/C25H31ClFN3O3/c1-33-20-10-8-19(9-11-20)28-13-14-29-25(32)22(17-5-3-2-4-6-17)16-30-24(31)21-15-18(26)7-12-23(21)27/h7-12,15,17,22,28H,2-6,13-14,16H2,1H3,(H,29,32)(H,30,31). The van der Waals surface area contributed by atoms with Crippen molar-refractivity contribution in [3.05, 3.63) is 58.9 Å². The van der Waals surface area contributed by atoms with Crippen LogP contribution in [0.4, 0.5) is 10.1 Å². The maximum atomic E-state index is 14.0. The Kier molecular flexibility index (Phi) is 9.36. The molecule has 0 aliphatic heterocycles. The van der Waals surface area contributed by atoms with Gasteiger partial charge < -0.3 is 20.7 Å². The summed E-state index contributed by atoms with van der Waals surface area (Å²) in [5, 5.41) is 9.27. The van der Waals surface area contributed by atoms with Gasteiger partial charge in [0.05, 0.1) is 18.6 Å². The lowest BCUT2D eigenvalue weighted by atomic mass is 9.79. The van der Waals surface area contributed by atoms with E-state index in [1.54, 1.807) is 7.11 Å². The van der Waals surface area contributed by atoms with Crippen molar-refractivity contribution in [3.63, 3.8) is 0 Å². The van der Waals surface area contributed by atoms with Crippen molar-refractivity contribution in [2.45, 2.75) is 32.1 Å². The second-order valence-electron chi connectivity index (χ2n) is 8.29. The second kappa shape index (κ2) is 12.4. The lowest BCUT2D eigenvalue weighted by Gasteiger charge is -2.29. The van der Waals surface area contributed by atoms with E-state index in [4.69, 9.17) is 16.3 Å². The van der Waals surface area contributed by atoms with E-state index in [2.05, 4.69) is 16.0 Å². The molecule has 6 nitrogen and oxygen atoms in total. The van der Waals surface area contributed by atoms with Gasteiger partial charge in [0.25, 0.3) is 5.91 Å². The number of nitrogens with one attached hydrogen (secondary N) is 3. The van der Waals surface area contributed by atoms with Gasteiger partial charge >= 0.3 is 0 Å². The zero-order chi connectivity index (χ0) is 23.6. The monoisotopic (exact) mass is 475 g/mol. The molecule has 3 N–H and O–H groups in total. The number of rotatable bonds is 10. The fourth-order valence-electron chi connectivity index (χ4n) is 4.21. The summed E-state index contributed by atoms with van der Waals surface area (Å²) in [5.41, 5.74) is 0.818. The molecule has 1 atom stereocenters. The molecule has 0 aromatic heterocycles. The van der Waals surface area contributed by atoms with Gasteiger partial charge in [0.1, 0.15) is 11.6 Å². The molecule has 1 fully saturated rings. The summed E-state index contributed by atoms with van der Waals surface area (Å²) < 4.78 is 19.2. The lowest BCUT2D eigenvalue weighted by Crippen LogP contribution is -2.44. The molecule has 0 saturated heterocycles. The molecular formula is C25H31ClFN3O3. The van der Waals surface area contributed by atoms with Crippen LogP contribution in [-0.4, -0.2) is 38.6 Å². The van der Waals surface area contributed by atoms with Crippen LogP contribution in [0.25, 0.3) is 0 Å². The number of carbonyl (C=O) groups is 2.